The Labute approximate surface area is 167 Å². The third kappa shape index (κ3) is 5.62. The number of para-hydroxylation sites is 2. The molecule has 0 spiro atoms. The van der Waals surface area contributed by atoms with Crippen molar-refractivity contribution < 1.29 is 31.1 Å². The minimum atomic E-state index is -5.00. The van der Waals surface area contributed by atoms with Crippen molar-refractivity contribution >= 4 is 15.7 Å². The number of anilines is 1. The van der Waals surface area contributed by atoms with Crippen LogP contribution >= 0.6 is 0 Å². The molecule has 1 aliphatic rings. The summed E-state index contributed by atoms with van der Waals surface area (Å²) < 4.78 is 75.4. The minimum absolute atomic E-state index is 0.0761. The first-order valence-corrected chi connectivity index (χ1v) is 10.4. The van der Waals surface area contributed by atoms with Crippen LogP contribution in [0.4, 0.5) is 18.9 Å². The van der Waals surface area contributed by atoms with Gasteiger partial charge in [0.1, 0.15) is 10.6 Å². The fourth-order valence-corrected chi connectivity index (χ4v) is 4.60. The number of halogens is 3. The van der Waals surface area contributed by atoms with Crippen molar-refractivity contribution in [2.24, 2.45) is 0 Å². The maximum absolute atomic E-state index is 13.3. The third-order valence-electron chi connectivity index (χ3n) is 4.41. The van der Waals surface area contributed by atoms with Crippen LogP contribution in [0.5, 0.6) is 5.75 Å². The van der Waals surface area contributed by atoms with Crippen molar-refractivity contribution in [1.82, 2.24) is 4.90 Å². The number of ether oxygens (including phenoxy) is 2. The molecule has 0 radical (unpaired) electrons. The van der Waals surface area contributed by atoms with Gasteiger partial charge < -0.3 is 9.47 Å². The van der Waals surface area contributed by atoms with Crippen LogP contribution in [-0.4, -0.2) is 59.1 Å². The van der Waals surface area contributed by atoms with Crippen molar-refractivity contribution in [3.63, 3.8) is 0 Å². The van der Waals surface area contributed by atoms with Crippen molar-refractivity contribution in [2.75, 3.05) is 43.7 Å². The Morgan fingerprint density at radius 2 is 1.62 bits per heavy atom. The molecule has 1 saturated heterocycles. The summed E-state index contributed by atoms with van der Waals surface area (Å²) in [6.45, 7) is 2.93. The van der Waals surface area contributed by atoms with Crippen LogP contribution in [0.1, 0.15) is 0 Å². The maximum Gasteiger partial charge on any atom is 0.573 e. The van der Waals surface area contributed by atoms with Gasteiger partial charge in [0.25, 0.3) is 10.0 Å². The lowest BCUT2D eigenvalue weighted by Gasteiger charge is -2.31. The summed E-state index contributed by atoms with van der Waals surface area (Å²) in [7, 11) is -4.31. The maximum atomic E-state index is 13.3. The number of nitrogens with zero attached hydrogens (tertiary/aromatic N) is 2. The van der Waals surface area contributed by atoms with E-state index in [1.807, 2.05) is 4.90 Å². The summed E-state index contributed by atoms with van der Waals surface area (Å²) in [5.41, 5.74) is 0.363. The van der Waals surface area contributed by atoms with Crippen LogP contribution in [0, 0.1) is 0 Å². The molecule has 2 aromatic carbocycles. The van der Waals surface area contributed by atoms with Gasteiger partial charge >= 0.3 is 6.36 Å². The van der Waals surface area contributed by atoms with Gasteiger partial charge in [-0.1, -0.05) is 30.3 Å². The van der Waals surface area contributed by atoms with Crippen LogP contribution in [0.3, 0.4) is 0 Å². The smallest absolute Gasteiger partial charge is 0.404 e. The van der Waals surface area contributed by atoms with Gasteiger partial charge in [0, 0.05) is 26.2 Å². The predicted molar refractivity (Wildman–Crippen MR) is 101 cm³/mol. The van der Waals surface area contributed by atoms with Gasteiger partial charge in [0.2, 0.25) is 0 Å². The Morgan fingerprint density at radius 3 is 2.28 bits per heavy atom. The first kappa shape index (κ1) is 21.4. The zero-order chi connectivity index (χ0) is 20.9. The van der Waals surface area contributed by atoms with E-state index < -0.39 is 27.0 Å². The molecule has 29 heavy (non-hydrogen) atoms. The predicted octanol–water partition coefficient (Wildman–Crippen LogP) is 3.11. The fraction of sp³-hybridized carbons (Fsp3) is 0.368. The highest BCUT2D eigenvalue weighted by Crippen LogP contribution is 2.33. The minimum Gasteiger partial charge on any atom is -0.404 e. The van der Waals surface area contributed by atoms with Gasteiger partial charge in [-0.3, -0.25) is 9.21 Å². The molecule has 6 nitrogen and oxygen atoms in total. The van der Waals surface area contributed by atoms with E-state index in [1.165, 1.54) is 12.1 Å². The Morgan fingerprint density at radius 1 is 1.00 bits per heavy atom. The molecule has 158 valence electrons. The lowest BCUT2D eigenvalue weighted by molar-refractivity contribution is -0.275. The molecular weight excluding hydrogens is 409 g/mol. The van der Waals surface area contributed by atoms with Crippen molar-refractivity contribution in [1.29, 1.82) is 0 Å². The highest BCUT2D eigenvalue weighted by molar-refractivity contribution is 7.93. The number of hydrogen-bond acceptors (Lipinski definition) is 5. The lowest BCUT2D eigenvalue weighted by atomic mass is 10.3. The summed E-state index contributed by atoms with van der Waals surface area (Å²) in [4.78, 5) is 1.51. The van der Waals surface area contributed by atoms with Gasteiger partial charge in [-0.05, 0) is 24.3 Å². The lowest BCUT2D eigenvalue weighted by Crippen LogP contribution is -2.43. The molecular formula is C19H21F3N2O4S. The van der Waals surface area contributed by atoms with Crippen LogP contribution in [-0.2, 0) is 14.8 Å². The summed E-state index contributed by atoms with van der Waals surface area (Å²) in [6, 6.07) is 13.0. The molecule has 1 heterocycles. The first-order chi connectivity index (χ1) is 13.8. The van der Waals surface area contributed by atoms with Gasteiger partial charge in [0.05, 0.1) is 18.9 Å². The number of alkyl halides is 3. The van der Waals surface area contributed by atoms with Crippen molar-refractivity contribution in [3.05, 3.63) is 54.6 Å². The highest BCUT2D eigenvalue weighted by Gasteiger charge is 2.35. The summed E-state index contributed by atoms with van der Waals surface area (Å²) in [5.74, 6) is -0.757. The van der Waals surface area contributed by atoms with Crippen LogP contribution in [0.25, 0.3) is 0 Å². The molecule has 0 amide bonds. The normalized spacial score (nSPS) is 15.8. The van der Waals surface area contributed by atoms with Crippen LogP contribution < -0.4 is 9.04 Å². The second-order valence-electron chi connectivity index (χ2n) is 6.36. The van der Waals surface area contributed by atoms with E-state index >= 15 is 0 Å². The highest BCUT2D eigenvalue weighted by atomic mass is 32.2. The molecule has 10 heteroatoms. The molecule has 1 fully saturated rings. The Bertz CT molecular complexity index is 901. The van der Waals surface area contributed by atoms with E-state index in [0.717, 1.165) is 16.4 Å². The molecule has 1 aliphatic heterocycles. The van der Waals surface area contributed by atoms with Gasteiger partial charge in [-0.15, -0.1) is 13.2 Å². The first-order valence-electron chi connectivity index (χ1n) is 9.00. The second-order valence-corrected chi connectivity index (χ2v) is 8.19. The van der Waals surface area contributed by atoms with E-state index in [4.69, 9.17) is 4.74 Å². The van der Waals surface area contributed by atoms with E-state index in [1.54, 1.807) is 30.3 Å². The standard InChI is InChI=1S/C19H21F3N2O4S/c20-19(21,22)28-17-8-4-5-9-18(17)29(25,26)24(16-6-2-1-3-7-16)11-10-23-12-14-27-15-13-23/h1-9H,10-15H2. The molecule has 3 rings (SSSR count). The van der Waals surface area contributed by atoms with E-state index in [-0.39, 0.29) is 6.54 Å². The number of rotatable bonds is 7. The summed E-state index contributed by atoms with van der Waals surface area (Å²) in [6.07, 6.45) is -5.00. The summed E-state index contributed by atoms with van der Waals surface area (Å²) >= 11 is 0. The molecule has 0 bridgehead atoms. The molecule has 0 aromatic heterocycles. The number of benzene rings is 2. The molecule has 0 aliphatic carbocycles. The Balaban J connectivity index is 1.94. The zero-order valence-electron chi connectivity index (χ0n) is 15.5. The molecule has 0 unspecified atom stereocenters. The topological polar surface area (TPSA) is 59.1 Å². The van der Waals surface area contributed by atoms with Gasteiger partial charge in [-0.2, -0.15) is 0 Å². The van der Waals surface area contributed by atoms with E-state index in [0.29, 0.717) is 38.5 Å². The quantitative estimate of drug-likeness (QED) is 0.676. The van der Waals surface area contributed by atoms with Gasteiger partial charge in [0.15, 0.2) is 0 Å². The monoisotopic (exact) mass is 430 g/mol. The SMILES string of the molecule is O=S(=O)(c1ccccc1OC(F)(F)F)N(CCN1CCOCC1)c1ccccc1. The van der Waals surface area contributed by atoms with E-state index in [9.17, 15) is 21.6 Å². The zero-order valence-corrected chi connectivity index (χ0v) is 16.3. The van der Waals surface area contributed by atoms with Crippen LogP contribution in [0.15, 0.2) is 59.5 Å². The molecule has 2 aromatic rings. The number of sulfonamides is 1. The third-order valence-corrected chi connectivity index (χ3v) is 6.28. The molecule has 0 atom stereocenters. The van der Waals surface area contributed by atoms with Crippen LogP contribution in [0.2, 0.25) is 0 Å². The van der Waals surface area contributed by atoms with Crippen molar-refractivity contribution in [2.45, 2.75) is 11.3 Å². The Kier molecular flexibility index (Phi) is 6.66. The average Bonchev–Trinajstić information content (AvgIpc) is 2.69. The number of morpholine rings is 1. The fourth-order valence-electron chi connectivity index (χ4n) is 3.03. The van der Waals surface area contributed by atoms with Crippen molar-refractivity contribution in [3.8, 4) is 5.75 Å². The summed E-state index contributed by atoms with van der Waals surface area (Å²) in [5, 5.41) is 0. The number of hydrogen-bond donors (Lipinski definition) is 0. The average molecular weight is 430 g/mol. The van der Waals surface area contributed by atoms with E-state index in [2.05, 4.69) is 4.74 Å². The Hall–Kier alpha value is -2.30. The molecule has 0 N–H and O–H groups in total. The second kappa shape index (κ2) is 9.02. The largest absolute Gasteiger partial charge is 0.573 e. The molecule has 0 saturated carbocycles. The van der Waals surface area contributed by atoms with Gasteiger partial charge in [-0.25, -0.2) is 8.42 Å².